The van der Waals surface area contributed by atoms with Crippen molar-refractivity contribution in [3.63, 3.8) is 0 Å². The van der Waals surface area contributed by atoms with Crippen LogP contribution in [-0.4, -0.2) is 25.5 Å². The monoisotopic (exact) mass is 229 g/mol. The normalized spacial score (nSPS) is 13.2. The summed E-state index contributed by atoms with van der Waals surface area (Å²) >= 11 is 5.95. The number of phenols is 1. The van der Waals surface area contributed by atoms with Crippen LogP contribution < -0.4 is 14.8 Å². The van der Waals surface area contributed by atoms with Gasteiger partial charge in [0.15, 0.2) is 11.5 Å². The second-order valence-electron chi connectivity index (χ2n) is 3.29. The second kappa shape index (κ2) is 4.16. The molecule has 0 atom stereocenters. The van der Waals surface area contributed by atoms with Crippen molar-refractivity contribution in [2.24, 2.45) is 0 Å². The van der Waals surface area contributed by atoms with Crippen molar-refractivity contribution in [3.8, 4) is 17.2 Å². The van der Waals surface area contributed by atoms with Gasteiger partial charge < -0.3 is 19.9 Å². The summed E-state index contributed by atoms with van der Waals surface area (Å²) < 4.78 is 10.4. The highest BCUT2D eigenvalue weighted by molar-refractivity contribution is 6.34. The van der Waals surface area contributed by atoms with E-state index in [4.69, 9.17) is 21.1 Å². The molecular weight excluding hydrogens is 218 g/mol. The summed E-state index contributed by atoms with van der Waals surface area (Å²) in [5, 5.41) is 13.0. The Kier molecular flexibility index (Phi) is 2.88. The van der Waals surface area contributed by atoms with Crippen LogP contribution in [0.5, 0.6) is 17.2 Å². The molecule has 0 spiro atoms. The first-order valence-electron chi connectivity index (χ1n) is 4.68. The lowest BCUT2D eigenvalue weighted by atomic mass is 10.1. The molecule has 2 rings (SSSR count). The largest absolute Gasteiger partial charge is 0.506 e. The molecule has 5 heteroatoms. The summed E-state index contributed by atoms with van der Waals surface area (Å²) in [7, 11) is 1.85. The molecule has 0 radical (unpaired) electrons. The summed E-state index contributed by atoms with van der Waals surface area (Å²) in [6, 6.07) is 1.76. The molecule has 1 aromatic rings. The predicted molar refractivity (Wildman–Crippen MR) is 56.9 cm³/mol. The summed E-state index contributed by atoms with van der Waals surface area (Å²) in [6.45, 7) is 0.924. The van der Waals surface area contributed by atoms with Crippen LogP contribution in [0.2, 0.25) is 5.02 Å². The van der Waals surface area contributed by atoms with Crippen LogP contribution in [0.25, 0.3) is 0 Å². The van der Waals surface area contributed by atoms with Gasteiger partial charge in [-0.2, -0.15) is 0 Å². The molecule has 82 valence electrons. The third-order valence-electron chi connectivity index (χ3n) is 2.30. The Balaban J connectivity index is 2.36. The van der Waals surface area contributed by atoms with Gasteiger partial charge in [-0.05, 0) is 26.1 Å². The van der Waals surface area contributed by atoms with E-state index in [1.807, 2.05) is 7.05 Å². The lowest BCUT2D eigenvalue weighted by Gasteiger charge is -2.08. The third-order valence-corrected chi connectivity index (χ3v) is 2.65. The number of aromatic hydroxyl groups is 1. The van der Waals surface area contributed by atoms with Crippen LogP contribution in [0.15, 0.2) is 6.07 Å². The minimum atomic E-state index is 0.0798. The minimum absolute atomic E-state index is 0.0798. The number of ether oxygens (including phenoxy) is 2. The number of hydrogen-bond donors (Lipinski definition) is 2. The fourth-order valence-electron chi connectivity index (χ4n) is 1.49. The molecule has 0 unspecified atom stereocenters. The van der Waals surface area contributed by atoms with Gasteiger partial charge in [0.2, 0.25) is 6.79 Å². The molecule has 4 nitrogen and oxygen atoms in total. The van der Waals surface area contributed by atoms with E-state index in [0.717, 1.165) is 12.1 Å². The number of nitrogens with one attached hydrogen (secondary N) is 1. The smallest absolute Gasteiger partial charge is 0.231 e. The number of fused-ring (bicyclic) bond motifs is 1. The first kappa shape index (κ1) is 10.4. The quantitative estimate of drug-likeness (QED) is 0.826. The van der Waals surface area contributed by atoms with Gasteiger partial charge >= 0.3 is 0 Å². The molecule has 2 N–H and O–H groups in total. The average Bonchev–Trinajstić information content (AvgIpc) is 2.69. The summed E-state index contributed by atoms with van der Waals surface area (Å²) in [4.78, 5) is 0. The number of likely N-dealkylation sites (N-methyl/N-ethyl adjacent to an activating group) is 1. The number of hydrogen-bond acceptors (Lipinski definition) is 4. The van der Waals surface area contributed by atoms with Crippen molar-refractivity contribution in [3.05, 3.63) is 16.7 Å². The van der Waals surface area contributed by atoms with Crippen molar-refractivity contribution >= 4 is 11.6 Å². The van der Waals surface area contributed by atoms with Gasteiger partial charge in [-0.15, -0.1) is 0 Å². The summed E-state index contributed by atoms with van der Waals surface area (Å²) in [6.07, 6.45) is 0.693. The van der Waals surface area contributed by atoms with Crippen molar-refractivity contribution in [1.29, 1.82) is 0 Å². The molecule has 1 aliphatic heterocycles. The Labute approximate surface area is 92.8 Å². The van der Waals surface area contributed by atoms with Crippen LogP contribution in [0, 0.1) is 0 Å². The Morgan fingerprint density at radius 2 is 2.33 bits per heavy atom. The van der Waals surface area contributed by atoms with E-state index >= 15 is 0 Å². The molecule has 0 aliphatic carbocycles. The van der Waals surface area contributed by atoms with Gasteiger partial charge in [-0.25, -0.2) is 0 Å². The predicted octanol–water partition coefficient (Wildman–Crippen LogP) is 1.54. The highest BCUT2D eigenvalue weighted by Gasteiger charge is 2.22. The van der Waals surface area contributed by atoms with Gasteiger partial charge in [-0.1, -0.05) is 11.6 Å². The highest BCUT2D eigenvalue weighted by Crippen LogP contribution is 2.45. The van der Waals surface area contributed by atoms with Crippen LogP contribution in [0.4, 0.5) is 0 Å². The van der Waals surface area contributed by atoms with Crippen molar-refractivity contribution < 1.29 is 14.6 Å². The van der Waals surface area contributed by atoms with Gasteiger partial charge in [0, 0.05) is 5.56 Å². The zero-order valence-corrected chi connectivity index (χ0v) is 9.10. The Morgan fingerprint density at radius 3 is 3.07 bits per heavy atom. The maximum absolute atomic E-state index is 9.79. The van der Waals surface area contributed by atoms with E-state index in [1.54, 1.807) is 6.07 Å². The summed E-state index contributed by atoms with van der Waals surface area (Å²) in [5.41, 5.74) is 0.763. The van der Waals surface area contributed by atoms with Crippen molar-refractivity contribution in [1.82, 2.24) is 5.32 Å². The number of halogens is 1. The Bertz CT molecular complexity index is 381. The molecule has 1 aliphatic rings. The lowest BCUT2D eigenvalue weighted by Crippen LogP contribution is -2.10. The van der Waals surface area contributed by atoms with E-state index in [1.165, 1.54) is 0 Å². The fraction of sp³-hybridized carbons (Fsp3) is 0.400. The molecule has 0 bridgehead atoms. The van der Waals surface area contributed by atoms with Gasteiger partial charge in [-0.3, -0.25) is 0 Å². The summed E-state index contributed by atoms with van der Waals surface area (Å²) in [5.74, 6) is 1.11. The first-order valence-corrected chi connectivity index (χ1v) is 5.06. The van der Waals surface area contributed by atoms with Crippen molar-refractivity contribution in [2.75, 3.05) is 20.4 Å². The maximum Gasteiger partial charge on any atom is 0.231 e. The van der Waals surface area contributed by atoms with Gasteiger partial charge in [0.05, 0.1) is 0 Å². The molecule has 1 heterocycles. The minimum Gasteiger partial charge on any atom is -0.506 e. The van der Waals surface area contributed by atoms with E-state index < -0.39 is 0 Å². The van der Waals surface area contributed by atoms with Crippen LogP contribution >= 0.6 is 11.6 Å². The first-order chi connectivity index (χ1) is 7.24. The van der Waals surface area contributed by atoms with E-state index in [9.17, 15) is 5.11 Å². The maximum atomic E-state index is 9.79. The standard InChI is InChI=1S/C10H12ClNO3/c1-12-3-2-6-4-7-10(15-5-14-7)8(11)9(6)13/h4,12-13H,2-3,5H2,1H3. The Morgan fingerprint density at radius 1 is 1.53 bits per heavy atom. The second-order valence-corrected chi connectivity index (χ2v) is 3.66. The molecule has 0 saturated carbocycles. The fourth-order valence-corrected chi connectivity index (χ4v) is 1.76. The lowest BCUT2D eigenvalue weighted by molar-refractivity contribution is 0.174. The Hall–Kier alpha value is -1.13. The molecule has 15 heavy (non-hydrogen) atoms. The molecule has 0 fully saturated rings. The molecule has 0 amide bonds. The van der Waals surface area contributed by atoms with E-state index in [-0.39, 0.29) is 17.6 Å². The highest BCUT2D eigenvalue weighted by atomic mass is 35.5. The van der Waals surface area contributed by atoms with E-state index in [2.05, 4.69) is 5.32 Å². The number of benzene rings is 1. The van der Waals surface area contributed by atoms with Crippen LogP contribution in [0.1, 0.15) is 5.56 Å². The SMILES string of the molecule is CNCCc1cc2c(c(Cl)c1O)OCO2. The zero-order valence-electron chi connectivity index (χ0n) is 8.34. The van der Waals surface area contributed by atoms with E-state index in [0.29, 0.717) is 17.9 Å². The zero-order chi connectivity index (χ0) is 10.8. The van der Waals surface area contributed by atoms with Gasteiger partial charge in [0.25, 0.3) is 0 Å². The molecule has 1 aromatic carbocycles. The average molecular weight is 230 g/mol. The van der Waals surface area contributed by atoms with Crippen LogP contribution in [0.3, 0.4) is 0 Å². The topological polar surface area (TPSA) is 50.7 Å². The number of rotatable bonds is 3. The molecular formula is C10H12ClNO3. The van der Waals surface area contributed by atoms with Crippen molar-refractivity contribution in [2.45, 2.75) is 6.42 Å². The number of phenolic OH excluding ortho intramolecular Hbond substituents is 1. The molecule has 0 saturated heterocycles. The van der Waals surface area contributed by atoms with Gasteiger partial charge in [0.1, 0.15) is 10.8 Å². The molecule has 0 aromatic heterocycles. The van der Waals surface area contributed by atoms with Crippen LogP contribution in [-0.2, 0) is 6.42 Å². The third kappa shape index (κ3) is 1.82.